The second-order valence-corrected chi connectivity index (χ2v) is 5.04. The number of nitrogens with zero attached hydrogens (tertiary/aromatic N) is 4. The molecule has 0 atom stereocenters. The van der Waals surface area contributed by atoms with E-state index in [9.17, 15) is 0 Å². The molecule has 0 radical (unpaired) electrons. The van der Waals surface area contributed by atoms with Crippen LogP contribution in [-0.4, -0.2) is 38.7 Å². The molecule has 2 heterocycles. The molecule has 0 aliphatic carbocycles. The fraction of sp³-hybridized carbons (Fsp3) is 0.400. The highest BCUT2D eigenvalue weighted by molar-refractivity contribution is 5.74. The van der Waals surface area contributed by atoms with Crippen molar-refractivity contribution in [3.63, 3.8) is 0 Å². The average Bonchev–Trinajstić information content (AvgIpc) is 3.13. The summed E-state index contributed by atoms with van der Waals surface area (Å²) in [6, 6.07) is 8.01. The molecule has 0 spiro atoms. The first-order valence-electron chi connectivity index (χ1n) is 7.25. The van der Waals surface area contributed by atoms with Crippen molar-refractivity contribution in [3.05, 3.63) is 41.8 Å². The van der Waals surface area contributed by atoms with Gasteiger partial charge in [0.2, 0.25) is 5.89 Å². The van der Waals surface area contributed by atoms with Crippen LogP contribution in [0.1, 0.15) is 24.5 Å². The molecular weight excluding hydrogens is 282 g/mol. The lowest BCUT2D eigenvalue weighted by Gasteiger charge is -2.16. The Kier molecular flexibility index (Phi) is 4.45. The monoisotopic (exact) mass is 301 g/mol. The van der Waals surface area contributed by atoms with E-state index in [1.807, 2.05) is 24.3 Å². The molecule has 1 aromatic carbocycles. The number of methoxy groups -OCH3 is 1. The maximum absolute atomic E-state index is 5.23. The number of H-pyrrole nitrogens is 1. The van der Waals surface area contributed by atoms with Crippen LogP contribution in [0, 0.1) is 0 Å². The Labute approximate surface area is 128 Å². The van der Waals surface area contributed by atoms with Crippen molar-refractivity contribution < 1.29 is 9.26 Å². The van der Waals surface area contributed by atoms with Crippen LogP contribution in [0.2, 0.25) is 0 Å². The number of aromatic amines is 1. The SMILES string of the molecule is CCN(Cc1nc2ccccc2[nH]1)Cc1nc(COC)no1. The molecule has 0 saturated carbocycles. The molecule has 7 heteroatoms. The summed E-state index contributed by atoms with van der Waals surface area (Å²) in [7, 11) is 1.61. The predicted molar refractivity (Wildman–Crippen MR) is 80.9 cm³/mol. The fourth-order valence-corrected chi connectivity index (χ4v) is 2.31. The van der Waals surface area contributed by atoms with Gasteiger partial charge < -0.3 is 14.2 Å². The van der Waals surface area contributed by atoms with Gasteiger partial charge in [0.05, 0.1) is 24.1 Å². The molecule has 0 fully saturated rings. The van der Waals surface area contributed by atoms with Gasteiger partial charge in [-0.15, -0.1) is 0 Å². The second kappa shape index (κ2) is 6.67. The Morgan fingerprint density at radius 1 is 1.23 bits per heavy atom. The molecule has 0 unspecified atom stereocenters. The Morgan fingerprint density at radius 3 is 2.86 bits per heavy atom. The zero-order chi connectivity index (χ0) is 15.4. The normalized spacial score (nSPS) is 11.6. The largest absolute Gasteiger partial charge is 0.377 e. The van der Waals surface area contributed by atoms with Crippen molar-refractivity contribution in [2.75, 3.05) is 13.7 Å². The lowest BCUT2D eigenvalue weighted by molar-refractivity contribution is 0.174. The summed E-state index contributed by atoms with van der Waals surface area (Å²) in [5.41, 5.74) is 2.03. The topological polar surface area (TPSA) is 80.1 Å². The third kappa shape index (κ3) is 3.32. The van der Waals surface area contributed by atoms with E-state index >= 15 is 0 Å². The van der Waals surface area contributed by atoms with Crippen LogP contribution in [0.3, 0.4) is 0 Å². The molecule has 22 heavy (non-hydrogen) atoms. The number of benzene rings is 1. The zero-order valence-corrected chi connectivity index (χ0v) is 12.7. The van der Waals surface area contributed by atoms with Crippen LogP contribution in [-0.2, 0) is 24.4 Å². The molecule has 0 amide bonds. The Hall–Kier alpha value is -2.25. The van der Waals surface area contributed by atoms with Crippen LogP contribution in [0.4, 0.5) is 0 Å². The second-order valence-electron chi connectivity index (χ2n) is 5.04. The van der Waals surface area contributed by atoms with Crippen LogP contribution < -0.4 is 0 Å². The van der Waals surface area contributed by atoms with Gasteiger partial charge in [-0.05, 0) is 18.7 Å². The van der Waals surface area contributed by atoms with Crippen LogP contribution in [0.5, 0.6) is 0 Å². The molecule has 0 bridgehead atoms. The Bertz CT molecular complexity index is 703. The third-order valence-corrected chi connectivity index (χ3v) is 3.40. The number of para-hydroxylation sites is 2. The summed E-state index contributed by atoms with van der Waals surface area (Å²) in [4.78, 5) is 14.4. The third-order valence-electron chi connectivity index (χ3n) is 3.40. The van der Waals surface area contributed by atoms with Crippen molar-refractivity contribution >= 4 is 11.0 Å². The quantitative estimate of drug-likeness (QED) is 0.720. The number of fused-ring (bicyclic) bond motifs is 1. The summed E-state index contributed by atoms with van der Waals surface area (Å²) in [5, 5.41) is 3.87. The minimum Gasteiger partial charge on any atom is -0.377 e. The van der Waals surface area contributed by atoms with Crippen molar-refractivity contribution in [2.24, 2.45) is 0 Å². The fourth-order valence-electron chi connectivity index (χ4n) is 2.31. The van der Waals surface area contributed by atoms with E-state index in [2.05, 4.69) is 31.9 Å². The summed E-state index contributed by atoms with van der Waals surface area (Å²) in [6.45, 7) is 4.60. The highest BCUT2D eigenvalue weighted by Gasteiger charge is 2.13. The maximum atomic E-state index is 5.23. The average molecular weight is 301 g/mol. The number of hydrogen-bond acceptors (Lipinski definition) is 6. The predicted octanol–water partition coefficient (Wildman–Crippen LogP) is 2.11. The Balaban J connectivity index is 1.68. The first kappa shape index (κ1) is 14.7. The highest BCUT2D eigenvalue weighted by atomic mass is 16.5. The minimum absolute atomic E-state index is 0.360. The molecule has 0 aliphatic rings. The standard InChI is InChI=1S/C15H19N5O2/c1-3-20(9-15-18-14(10-21-2)19-22-15)8-13-16-11-6-4-5-7-12(11)17-13/h4-7H,3,8-10H2,1-2H3,(H,16,17). The molecule has 2 aromatic heterocycles. The first-order valence-corrected chi connectivity index (χ1v) is 7.25. The van der Waals surface area contributed by atoms with E-state index in [0.29, 0.717) is 31.4 Å². The molecule has 0 saturated heterocycles. The van der Waals surface area contributed by atoms with Gasteiger partial charge in [-0.3, -0.25) is 4.90 Å². The van der Waals surface area contributed by atoms with Gasteiger partial charge in [0, 0.05) is 7.11 Å². The van der Waals surface area contributed by atoms with Gasteiger partial charge in [0.1, 0.15) is 12.4 Å². The number of rotatable bonds is 7. The zero-order valence-electron chi connectivity index (χ0n) is 12.7. The van der Waals surface area contributed by atoms with E-state index in [0.717, 1.165) is 23.4 Å². The summed E-state index contributed by atoms with van der Waals surface area (Å²) in [5.74, 6) is 2.09. The number of aromatic nitrogens is 4. The molecule has 116 valence electrons. The lowest BCUT2D eigenvalue weighted by atomic mass is 10.3. The molecule has 3 aromatic rings. The lowest BCUT2D eigenvalue weighted by Crippen LogP contribution is -2.23. The summed E-state index contributed by atoms with van der Waals surface area (Å²) >= 11 is 0. The summed E-state index contributed by atoms with van der Waals surface area (Å²) < 4.78 is 10.2. The van der Waals surface area contributed by atoms with Crippen molar-refractivity contribution in [1.29, 1.82) is 0 Å². The van der Waals surface area contributed by atoms with E-state index in [1.165, 1.54) is 0 Å². The number of hydrogen-bond donors (Lipinski definition) is 1. The van der Waals surface area contributed by atoms with Crippen molar-refractivity contribution in [3.8, 4) is 0 Å². The van der Waals surface area contributed by atoms with Gasteiger partial charge in [0.25, 0.3) is 0 Å². The van der Waals surface area contributed by atoms with Gasteiger partial charge in [-0.2, -0.15) is 4.98 Å². The number of ether oxygens (including phenoxy) is 1. The molecule has 1 N–H and O–H groups in total. The van der Waals surface area contributed by atoms with Crippen molar-refractivity contribution in [1.82, 2.24) is 25.0 Å². The van der Waals surface area contributed by atoms with Crippen LogP contribution in [0.25, 0.3) is 11.0 Å². The van der Waals surface area contributed by atoms with Crippen LogP contribution >= 0.6 is 0 Å². The summed E-state index contributed by atoms with van der Waals surface area (Å²) in [6.07, 6.45) is 0. The molecule has 3 rings (SSSR count). The van der Waals surface area contributed by atoms with Crippen molar-refractivity contribution in [2.45, 2.75) is 26.6 Å². The Morgan fingerprint density at radius 2 is 2.09 bits per heavy atom. The van der Waals surface area contributed by atoms with Gasteiger partial charge in [-0.25, -0.2) is 4.98 Å². The maximum Gasteiger partial charge on any atom is 0.240 e. The van der Waals surface area contributed by atoms with Gasteiger partial charge in [0.15, 0.2) is 5.82 Å². The molecular formula is C15H19N5O2. The van der Waals surface area contributed by atoms with E-state index in [1.54, 1.807) is 7.11 Å². The first-order chi connectivity index (χ1) is 10.8. The van der Waals surface area contributed by atoms with Crippen LogP contribution in [0.15, 0.2) is 28.8 Å². The minimum atomic E-state index is 0.360. The van der Waals surface area contributed by atoms with E-state index < -0.39 is 0 Å². The smallest absolute Gasteiger partial charge is 0.240 e. The van der Waals surface area contributed by atoms with E-state index in [4.69, 9.17) is 9.26 Å². The van der Waals surface area contributed by atoms with Gasteiger partial charge in [-0.1, -0.05) is 24.2 Å². The number of nitrogens with one attached hydrogen (secondary N) is 1. The molecule has 0 aliphatic heterocycles. The highest BCUT2D eigenvalue weighted by Crippen LogP contribution is 2.13. The van der Waals surface area contributed by atoms with Gasteiger partial charge >= 0.3 is 0 Å². The molecule has 7 nitrogen and oxygen atoms in total. The van der Waals surface area contributed by atoms with E-state index in [-0.39, 0.29) is 0 Å². The number of imidazole rings is 1.